The number of hydrogen-bond acceptors (Lipinski definition) is 4. The standard InChI is InChI=1S/C15H15ClN2O2/c1-19-9-14-17-12(8-13(16)18-14)11-6-2-4-10-5-3-7-20-15(10)11/h2,4,6,8H,3,5,7,9H2,1H3. The molecule has 0 radical (unpaired) electrons. The van der Waals surface area contributed by atoms with Crippen LogP contribution in [0.3, 0.4) is 0 Å². The first-order valence-electron chi connectivity index (χ1n) is 6.55. The Kier molecular flexibility index (Phi) is 3.85. The molecule has 0 fully saturated rings. The molecule has 2 aromatic rings. The Morgan fingerprint density at radius 2 is 2.25 bits per heavy atom. The van der Waals surface area contributed by atoms with E-state index in [0.717, 1.165) is 36.5 Å². The smallest absolute Gasteiger partial charge is 0.156 e. The molecule has 1 aromatic heterocycles. The van der Waals surface area contributed by atoms with Crippen LogP contribution in [0.2, 0.25) is 5.15 Å². The fraction of sp³-hybridized carbons (Fsp3) is 0.333. The molecule has 5 heteroatoms. The number of para-hydroxylation sites is 1. The van der Waals surface area contributed by atoms with Gasteiger partial charge in [0.2, 0.25) is 0 Å². The predicted molar refractivity (Wildman–Crippen MR) is 77.0 cm³/mol. The van der Waals surface area contributed by atoms with E-state index in [1.807, 2.05) is 12.1 Å². The third-order valence-corrected chi connectivity index (χ3v) is 3.42. The molecule has 4 nitrogen and oxygen atoms in total. The molecule has 0 saturated carbocycles. The van der Waals surface area contributed by atoms with Gasteiger partial charge in [0, 0.05) is 18.7 Å². The van der Waals surface area contributed by atoms with Gasteiger partial charge < -0.3 is 9.47 Å². The number of hydrogen-bond donors (Lipinski definition) is 0. The summed E-state index contributed by atoms with van der Waals surface area (Å²) in [6.07, 6.45) is 2.09. The summed E-state index contributed by atoms with van der Waals surface area (Å²) in [6, 6.07) is 7.87. The van der Waals surface area contributed by atoms with E-state index >= 15 is 0 Å². The quantitative estimate of drug-likeness (QED) is 0.814. The molecule has 0 aliphatic carbocycles. The van der Waals surface area contributed by atoms with E-state index in [1.54, 1.807) is 13.2 Å². The molecular formula is C15H15ClN2O2. The zero-order valence-corrected chi connectivity index (χ0v) is 12.0. The molecule has 20 heavy (non-hydrogen) atoms. The van der Waals surface area contributed by atoms with Crippen LogP contribution in [0.15, 0.2) is 24.3 Å². The first kappa shape index (κ1) is 13.3. The van der Waals surface area contributed by atoms with Crippen LogP contribution in [0.5, 0.6) is 5.75 Å². The van der Waals surface area contributed by atoms with E-state index in [1.165, 1.54) is 5.56 Å². The van der Waals surface area contributed by atoms with Crippen molar-refractivity contribution < 1.29 is 9.47 Å². The molecule has 0 saturated heterocycles. The summed E-state index contributed by atoms with van der Waals surface area (Å²) in [7, 11) is 1.61. The lowest BCUT2D eigenvalue weighted by atomic mass is 10.0. The summed E-state index contributed by atoms with van der Waals surface area (Å²) in [5.74, 6) is 1.49. The summed E-state index contributed by atoms with van der Waals surface area (Å²) in [4.78, 5) is 8.65. The summed E-state index contributed by atoms with van der Waals surface area (Å²) in [5.41, 5.74) is 2.96. The Hall–Kier alpha value is -1.65. The van der Waals surface area contributed by atoms with Gasteiger partial charge >= 0.3 is 0 Å². The van der Waals surface area contributed by atoms with Crippen molar-refractivity contribution in [3.63, 3.8) is 0 Å². The van der Waals surface area contributed by atoms with Crippen LogP contribution in [-0.4, -0.2) is 23.7 Å². The van der Waals surface area contributed by atoms with Gasteiger partial charge in [-0.2, -0.15) is 0 Å². The number of methoxy groups -OCH3 is 1. The number of aromatic nitrogens is 2. The molecule has 0 unspecified atom stereocenters. The maximum absolute atomic E-state index is 6.07. The van der Waals surface area contributed by atoms with Gasteiger partial charge in [-0.25, -0.2) is 9.97 Å². The Morgan fingerprint density at radius 3 is 3.10 bits per heavy atom. The molecule has 0 bridgehead atoms. The molecule has 1 aromatic carbocycles. The lowest BCUT2D eigenvalue weighted by molar-refractivity contribution is 0.178. The van der Waals surface area contributed by atoms with Crippen LogP contribution >= 0.6 is 11.6 Å². The van der Waals surface area contributed by atoms with Gasteiger partial charge in [0.1, 0.15) is 17.5 Å². The van der Waals surface area contributed by atoms with Crippen molar-refractivity contribution in [2.45, 2.75) is 19.4 Å². The summed E-state index contributed by atoms with van der Waals surface area (Å²) < 4.78 is 10.9. The average Bonchev–Trinajstić information content (AvgIpc) is 2.46. The van der Waals surface area contributed by atoms with Crippen LogP contribution in [0.4, 0.5) is 0 Å². The molecule has 1 aliphatic rings. The topological polar surface area (TPSA) is 44.2 Å². The number of halogens is 1. The summed E-state index contributed by atoms with van der Waals surface area (Å²) in [5, 5.41) is 0.412. The maximum atomic E-state index is 6.07. The second kappa shape index (κ2) is 5.77. The fourth-order valence-electron chi connectivity index (χ4n) is 2.39. The van der Waals surface area contributed by atoms with Gasteiger partial charge in [-0.3, -0.25) is 0 Å². The lowest BCUT2D eigenvalue weighted by Gasteiger charge is -2.20. The second-order valence-corrected chi connectivity index (χ2v) is 5.06. The number of benzene rings is 1. The van der Waals surface area contributed by atoms with Gasteiger partial charge in [-0.1, -0.05) is 23.7 Å². The molecule has 0 atom stereocenters. The van der Waals surface area contributed by atoms with Crippen molar-refractivity contribution >= 4 is 11.6 Å². The van der Waals surface area contributed by atoms with Crippen LogP contribution in [0.25, 0.3) is 11.3 Å². The number of rotatable bonds is 3. The van der Waals surface area contributed by atoms with Gasteiger partial charge in [-0.05, 0) is 24.5 Å². The Morgan fingerprint density at radius 1 is 1.35 bits per heavy atom. The molecule has 1 aliphatic heterocycles. The molecule has 3 rings (SSSR count). The van der Waals surface area contributed by atoms with Crippen molar-refractivity contribution in [1.82, 2.24) is 9.97 Å². The van der Waals surface area contributed by atoms with Crippen molar-refractivity contribution in [2.24, 2.45) is 0 Å². The van der Waals surface area contributed by atoms with E-state index < -0.39 is 0 Å². The van der Waals surface area contributed by atoms with Gasteiger partial charge in [0.05, 0.1) is 12.3 Å². The van der Waals surface area contributed by atoms with E-state index in [0.29, 0.717) is 17.6 Å². The Balaban J connectivity index is 2.09. The van der Waals surface area contributed by atoms with Crippen molar-refractivity contribution in [1.29, 1.82) is 0 Å². The molecule has 104 valence electrons. The Labute approximate surface area is 122 Å². The average molecular weight is 291 g/mol. The van der Waals surface area contributed by atoms with E-state index in [2.05, 4.69) is 16.0 Å². The minimum atomic E-state index is 0.337. The van der Waals surface area contributed by atoms with Crippen LogP contribution < -0.4 is 4.74 Å². The number of ether oxygens (including phenoxy) is 2. The molecule has 0 amide bonds. The Bertz CT molecular complexity index is 631. The predicted octanol–water partition coefficient (Wildman–Crippen LogP) is 3.27. The number of fused-ring (bicyclic) bond motifs is 1. The first-order valence-corrected chi connectivity index (χ1v) is 6.93. The van der Waals surface area contributed by atoms with Crippen molar-refractivity contribution in [2.75, 3.05) is 13.7 Å². The van der Waals surface area contributed by atoms with Gasteiger partial charge in [0.25, 0.3) is 0 Å². The lowest BCUT2D eigenvalue weighted by Crippen LogP contribution is -2.09. The summed E-state index contributed by atoms with van der Waals surface area (Å²) in [6.45, 7) is 1.08. The third kappa shape index (κ3) is 2.62. The van der Waals surface area contributed by atoms with Gasteiger partial charge in [0.15, 0.2) is 5.82 Å². The largest absolute Gasteiger partial charge is 0.493 e. The van der Waals surface area contributed by atoms with Crippen LogP contribution in [-0.2, 0) is 17.8 Å². The molecule has 0 N–H and O–H groups in total. The highest BCUT2D eigenvalue weighted by molar-refractivity contribution is 6.29. The highest BCUT2D eigenvalue weighted by Crippen LogP contribution is 2.35. The zero-order valence-electron chi connectivity index (χ0n) is 11.2. The summed E-state index contributed by atoms with van der Waals surface area (Å²) >= 11 is 6.07. The van der Waals surface area contributed by atoms with E-state index in [-0.39, 0.29) is 0 Å². The fourth-order valence-corrected chi connectivity index (χ4v) is 2.59. The highest BCUT2D eigenvalue weighted by Gasteiger charge is 2.17. The SMILES string of the molecule is COCc1nc(Cl)cc(-c2cccc3c2OCCC3)n1. The second-order valence-electron chi connectivity index (χ2n) is 4.67. The van der Waals surface area contributed by atoms with E-state index in [9.17, 15) is 0 Å². The molecular weight excluding hydrogens is 276 g/mol. The molecule has 0 spiro atoms. The minimum absolute atomic E-state index is 0.337. The maximum Gasteiger partial charge on any atom is 0.156 e. The van der Waals surface area contributed by atoms with E-state index in [4.69, 9.17) is 21.1 Å². The number of aryl methyl sites for hydroxylation is 1. The van der Waals surface area contributed by atoms with Crippen LogP contribution in [0.1, 0.15) is 17.8 Å². The highest BCUT2D eigenvalue weighted by atomic mass is 35.5. The first-order chi connectivity index (χ1) is 9.78. The van der Waals surface area contributed by atoms with Crippen molar-refractivity contribution in [3.8, 4) is 17.0 Å². The number of nitrogens with zero attached hydrogens (tertiary/aromatic N) is 2. The molecule has 2 heterocycles. The van der Waals surface area contributed by atoms with Gasteiger partial charge in [-0.15, -0.1) is 0 Å². The van der Waals surface area contributed by atoms with Crippen LogP contribution in [0, 0.1) is 0 Å². The normalized spacial score (nSPS) is 13.7. The van der Waals surface area contributed by atoms with Crippen molar-refractivity contribution in [3.05, 3.63) is 40.8 Å². The zero-order chi connectivity index (χ0) is 13.9. The minimum Gasteiger partial charge on any atom is -0.493 e. The monoisotopic (exact) mass is 290 g/mol. The third-order valence-electron chi connectivity index (χ3n) is 3.22.